The van der Waals surface area contributed by atoms with Crippen LogP contribution in [0, 0.1) is 17.6 Å². The first-order valence-electron chi connectivity index (χ1n) is 10.7. The largest absolute Gasteiger partial charge is 0.493 e. The van der Waals surface area contributed by atoms with E-state index in [1.165, 1.54) is 13.0 Å². The second-order valence-electron chi connectivity index (χ2n) is 8.74. The van der Waals surface area contributed by atoms with Gasteiger partial charge in [0, 0.05) is 36.1 Å². The Kier molecular flexibility index (Phi) is 5.20. The molecule has 0 aliphatic carbocycles. The molecule has 5 nitrogen and oxygen atoms in total. The molecule has 180 valence electrons. The smallest absolute Gasteiger partial charge is 0.417 e. The lowest BCUT2D eigenvalue weighted by molar-refractivity contribution is -0.275. The van der Waals surface area contributed by atoms with E-state index in [2.05, 4.69) is 9.97 Å². The Hall–Kier alpha value is -3.01. The highest BCUT2D eigenvalue weighted by atomic mass is 19.4. The summed E-state index contributed by atoms with van der Waals surface area (Å²) in [5.74, 6) is -4.67. The number of rotatable bonds is 3. The summed E-state index contributed by atoms with van der Waals surface area (Å²) in [5, 5.41) is 0.698. The second-order valence-corrected chi connectivity index (χ2v) is 8.74. The third-order valence-electron chi connectivity index (χ3n) is 6.98. The first-order valence-corrected chi connectivity index (χ1v) is 10.7. The van der Waals surface area contributed by atoms with Crippen LogP contribution in [0.3, 0.4) is 0 Å². The number of ether oxygens (including phenoxy) is 3. The summed E-state index contributed by atoms with van der Waals surface area (Å²) in [6, 6.07) is 5.31. The highest BCUT2D eigenvalue weighted by Crippen LogP contribution is 2.59. The Morgan fingerprint density at radius 1 is 1.18 bits per heavy atom. The third kappa shape index (κ3) is 3.22. The summed E-state index contributed by atoms with van der Waals surface area (Å²) in [7, 11) is 1.14. The summed E-state index contributed by atoms with van der Waals surface area (Å²) >= 11 is 0. The Morgan fingerprint density at radius 3 is 2.65 bits per heavy atom. The quantitative estimate of drug-likeness (QED) is 0.453. The molecule has 5 rings (SSSR count). The maximum Gasteiger partial charge on any atom is 0.417 e. The Bertz CT molecular complexity index is 1280. The molecule has 2 aliphatic rings. The molecule has 3 aromatic rings. The van der Waals surface area contributed by atoms with Crippen LogP contribution in [0.5, 0.6) is 11.5 Å². The zero-order valence-electron chi connectivity index (χ0n) is 18.5. The van der Waals surface area contributed by atoms with Crippen LogP contribution >= 0.6 is 0 Å². The minimum absolute atomic E-state index is 0.0683. The molecule has 2 aliphatic heterocycles. The summed E-state index contributed by atoms with van der Waals surface area (Å²) in [6.07, 6.45) is -3.80. The fourth-order valence-electron chi connectivity index (χ4n) is 5.01. The van der Waals surface area contributed by atoms with Gasteiger partial charge >= 0.3 is 6.18 Å². The lowest BCUT2D eigenvalue weighted by atomic mass is 9.76. The second kappa shape index (κ2) is 7.76. The maximum absolute atomic E-state index is 14.6. The average molecular weight is 480 g/mol. The number of halogens is 5. The van der Waals surface area contributed by atoms with Gasteiger partial charge in [-0.3, -0.25) is 4.98 Å². The van der Waals surface area contributed by atoms with E-state index in [9.17, 15) is 22.0 Å². The van der Waals surface area contributed by atoms with E-state index in [1.807, 2.05) is 0 Å². The summed E-state index contributed by atoms with van der Waals surface area (Å²) in [4.78, 5) is 8.93. The molecule has 10 heteroatoms. The van der Waals surface area contributed by atoms with Crippen molar-refractivity contribution < 1.29 is 36.2 Å². The molecule has 4 atom stereocenters. The van der Waals surface area contributed by atoms with Crippen molar-refractivity contribution in [2.75, 3.05) is 13.7 Å². The van der Waals surface area contributed by atoms with E-state index in [0.29, 0.717) is 29.7 Å². The standard InChI is InChI=1S/C24H21F5N2O3/c1-11-18(12-4-5-13(25)20(26)21(12)32-3)22(34-23(11,2)24(27,28)29)16-10-17-19-14(7-9-33-17)30-8-6-15(19)31-16/h4-6,8,10-11,18,22H,7,9H2,1-3H3/t11-,18-,22-,23+/m0/s1. The van der Waals surface area contributed by atoms with Gasteiger partial charge in [-0.15, -0.1) is 0 Å². The molecule has 0 saturated carbocycles. The lowest BCUT2D eigenvalue weighted by Crippen LogP contribution is -2.46. The van der Waals surface area contributed by atoms with Crippen LogP contribution in [0.2, 0.25) is 0 Å². The molecular formula is C24H21F5N2O3. The van der Waals surface area contributed by atoms with Crippen LogP contribution in [0.15, 0.2) is 30.5 Å². The molecule has 4 heterocycles. The molecule has 2 aromatic heterocycles. The molecule has 0 amide bonds. The van der Waals surface area contributed by atoms with Crippen LogP contribution in [0.4, 0.5) is 22.0 Å². The number of benzene rings is 1. The molecule has 0 unspecified atom stereocenters. The van der Waals surface area contributed by atoms with Crippen molar-refractivity contribution in [1.82, 2.24) is 9.97 Å². The van der Waals surface area contributed by atoms with E-state index in [4.69, 9.17) is 14.2 Å². The van der Waals surface area contributed by atoms with Gasteiger partial charge in [0.15, 0.2) is 17.2 Å². The predicted molar refractivity (Wildman–Crippen MR) is 112 cm³/mol. The van der Waals surface area contributed by atoms with Crippen LogP contribution in [0.1, 0.15) is 42.8 Å². The van der Waals surface area contributed by atoms with E-state index in [-0.39, 0.29) is 11.3 Å². The number of nitrogens with zero attached hydrogens (tertiary/aromatic N) is 2. The van der Waals surface area contributed by atoms with Crippen molar-refractivity contribution in [3.8, 4) is 11.5 Å². The average Bonchev–Trinajstić information content (AvgIpc) is 3.08. The van der Waals surface area contributed by atoms with Gasteiger partial charge in [-0.25, -0.2) is 9.37 Å². The molecule has 0 radical (unpaired) electrons. The first-order chi connectivity index (χ1) is 16.1. The Labute approximate surface area is 191 Å². The minimum Gasteiger partial charge on any atom is -0.493 e. The van der Waals surface area contributed by atoms with Gasteiger partial charge in [-0.2, -0.15) is 17.6 Å². The van der Waals surface area contributed by atoms with Crippen molar-refractivity contribution in [3.05, 3.63) is 59.0 Å². The van der Waals surface area contributed by atoms with Gasteiger partial charge in [0.1, 0.15) is 11.9 Å². The fraction of sp³-hybridized carbons (Fsp3) is 0.417. The minimum atomic E-state index is -4.73. The van der Waals surface area contributed by atoms with Gasteiger partial charge in [-0.05, 0) is 19.1 Å². The van der Waals surface area contributed by atoms with Crippen molar-refractivity contribution in [2.24, 2.45) is 5.92 Å². The van der Waals surface area contributed by atoms with Crippen LogP contribution in [-0.4, -0.2) is 35.5 Å². The van der Waals surface area contributed by atoms with Crippen LogP contribution in [0.25, 0.3) is 10.9 Å². The number of alkyl halides is 3. The SMILES string of the molecule is COc1c([C@H]2[C@H](c3cc4c5c(nccc5n3)CCO4)O[C@@](C)(C(F)(F)F)[C@H]2C)ccc(F)c1F. The molecule has 0 N–H and O–H groups in total. The van der Waals surface area contributed by atoms with Gasteiger partial charge in [0.05, 0.1) is 36.0 Å². The monoisotopic (exact) mass is 480 g/mol. The van der Waals surface area contributed by atoms with Gasteiger partial charge in [0.25, 0.3) is 0 Å². The zero-order chi connectivity index (χ0) is 24.4. The Balaban J connectivity index is 1.73. The lowest BCUT2D eigenvalue weighted by Gasteiger charge is -2.32. The van der Waals surface area contributed by atoms with E-state index >= 15 is 0 Å². The van der Waals surface area contributed by atoms with Crippen molar-refractivity contribution >= 4 is 10.9 Å². The van der Waals surface area contributed by atoms with Crippen LogP contribution < -0.4 is 9.47 Å². The normalized spacial score (nSPS) is 26.5. The summed E-state index contributed by atoms with van der Waals surface area (Å²) in [5.41, 5.74) is -1.02. The number of aromatic nitrogens is 2. The number of hydrogen-bond donors (Lipinski definition) is 0. The molecule has 34 heavy (non-hydrogen) atoms. The van der Waals surface area contributed by atoms with Gasteiger partial charge < -0.3 is 14.2 Å². The molecule has 1 aromatic carbocycles. The zero-order valence-corrected chi connectivity index (χ0v) is 18.5. The molecule has 0 bridgehead atoms. The van der Waals surface area contributed by atoms with E-state index in [1.54, 1.807) is 18.3 Å². The number of methoxy groups -OCH3 is 1. The van der Waals surface area contributed by atoms with E-state index < -0.39 is 47.1 Å². The fourth-order valence-corrected chi connectivity index (χ4v) is 5.01. The molecule has 0 spiro atoms. The third-order valence-corrected chi connectivity index (χ3v) is 6.98. The van der Waals surface area contributed by atoms with Gasteiger partial charge in [-0.1, -0.05) is 13.0 Å². The topological polar surface area (TPSA) is 53.5 Å². The predicted octanol–water partition coefficient (Wildman–Crippen LogP) is 5.66. The van der Waals surface area contributed by atoms with Crippen molar-refractivity contribution in [1.29, 1.82) is 0 Å². The molecule has 1 saturated heterocycles. The molecular weight excluding hydrogens is 459 g/mol. The number of pyridine rings is 2. The van der Waals surface area contributed by atoms with Crippen molar-refractivity contribution in [2.45, 2.75) is 44.1 Å². The van der Waals surface area contributed by atoms with Gasteiger partial charge in [0.2, 0.25) is 5.82 Å². The molecule has 1 fully saturated rings. The van der Waals surface area contributed by atoms with Crippen LogP contribution in [-0.2, 0) is 11.2 Å². The van der Waals surface area contributed by atoms with Crippen molar-refractivity contribution in [3.63, 3.8) is 0 Å². The maximum atomic E-state index is 14.6. The number of hydrogen-bond acceptors (Lipinski definition) is 5. The first kappa shape index (κ1) is 22.8. The highest BCUT2D eigenvalue weighted by molar-refractivity contribution is 5.88. The van der Waals surface area contributed by atoms with E-state index in [0.717, 1.165) is 25.8 Å². The Morgan fingerprint density at radius 2 is 1.94 bits per heavy atom. The highest BCUT2D eigenvalue weighted by Gasteiger charge is 2.65. The summed E-state index contributed by atoms with van der Waals surface area (Å²) < 4.78 is 87.7. The summed E-state index contributed by atoms with van der Waals surface area (Å²) in [6.45, 7) is 2.70.